The number of anilines is 2. The summed E-state index contributed by atoms with van der Waals surface area (Å²) in [6.07, 6.45) is 2.22. The average Bonchev–Trinajstić information content (AvgIpc) is 3.09. The Morgan fingerprint density at radius 3 is 2.88 bits per heavy atom. The number of piperidine rings is 1. The Balaban J connectivity index is 1.53. The molecule has 1 aliphatic rings. The number of hydrogen-bond acceptors (Lipinski definition) is 8. The van der Waals surface area contributed by atoms with Gasteiger partial charge in [-0.25, -0.2) is 0 Å². The highest BCUT2D eigenvalue weighted by atomic mass is 15.6. The van der Waals surface area contributed by atoms with Crippen molar-refractivity contribution in [2.24, 2.45) is 0 Å². The molecule has 1 atom stereocenters. The van der Waals surface area contributed by atoms with Crippen molar-refractivity contribution >= 4 is 17.3 Å². The van der Waals surface area contributed by atoms with Crippen LogP contribution < -0.4 is 9.80 Å². The van der Waals surface area contributed by atoms with Gasteiger partial charge in [0.25, 0.3) is 0 Å². The minimum Gasteiger partial charge on any atom is -0.353 e. The van der Waals surface area contributed by atoms with Crippen molar-refractivity contribution in [2.75, 3.05) is 29.9 Å². The normalized spacial score (nSPS) is 18.1. The van der Waals surface area contributed by atoms with Crippen LogP contribution in [-0.2, 0) is 0 Å². The maximum atomic E-state index is 4.48. The van der Waals surface area contributed by atoms with Gasteiger partial charge in [0.15, 0.2) is 17.3 Å². The third kappa shape index (κ3) is 2.72. The Morgan fingerprint density at radius 2 is 2.04 bits per heavy atom. The summed E-state index contributed by atoms with van der Waals surface area (Å²) < 4.78 is 1.46. The molecule has 0 bridgehead atoms. The zero-order chi connectivity index (χ0) is 16.5. The fraction of sp³-hybridized carbons (Fsp3) is 0.467. The predicted molar refractivity (Wildman–Crippen MR) is 89.0 cm³/mol. The van der Waals surface area contributed by atoms with Crippen molar-refractivity contribution in [3.8, 4) is 0 Å². The number of fused-ring (bicyclic) bond motifs is 1. The van der Waals surface area contributed by atoms with Crippen LogP contribution in [-0.4, -0.2) is 61.6 Å². The SMILES string of the molecule is Cc1ccc(N2CCC[C@H](N(C)c3ccc4nnnn4n3)C2)nn1. The molecule has 0 unspecified atom stereocenters. The first-order valence-electron chi connectivity index (χ1n) is 8.04. The number of tetrazole rings is 1. The monoisotopic (exact) mass is 325 g/mol. The zero-order valence-electron chi connectivity index (χ0n) is 13.7. The summed E-state index contributed by atoms with van der Waals surface area (Å²) in [6, 6.07) is 8.23. The minimum atomic E-state index is 0.350. The molecule has 1 saturated heterocycles. The van der Waals surface area contributed by atoms with Crippen molar-refractivity contribution < 1.29 is 0 Å². The maximum absolute atomic E-state index is 4.48. The molecule has 3 aromatic rings. The highest BCUT2D eigenvalue weighted by Gasteiger charge is 2.25. The van der Waals surface area contributed by atoms with Crippen LogP contribution in [0.25, 0.3) is 5.65 Å². The van der Waals surface area contributed by atoms with Crippen molar-refractivity contribution in [2.45, 2.75) is 25.8 Å². The van der Waals surface area contributed by atoms with Gasteiger partial charge >= 0.3 is 0 Å². The molecular weight excluding hydrogens is 306 g/mol. The first-order valence-corrected chi connectivity index (χ1v) is 8.04. The molecule has 0 aliphatic carbocycles. The maximum Gasteiger partial charge on any atom is 0.200 e. The van der Waals surface area contributed by atoms with Gasteiger partial charge in [0.1, 0.15) is 0 Å². The summed E-state index contributed by atoms with van der Waals surface area (Å²) in [5, 5.41) is 24.3. The summed E-state index contributed by atoms with van der Waals surface area (Å²) >= 11 is 0. The van der Waals surface area contributed by atoms with Crippen LogP contribution in [0.4, 0.5) is 11.6 Å². The van der Waals surface area contributed by atoms with E-state index in [1.807, 2.05) is 31.2 Å². The van der Waals surface area contributed by atoms with Crippen LogP contribution >= 0.6 is 0 Å². The van der Waals surface area contributed by atoms with E-state index in [1.165, 1.54) is 4.63 Å². The average molecular weight is 325 g/mol. The van der Waals surface area contributed by atoms with Gasteiger partial charge in [-0.1, -0.05) is 0 Å². The third-order valence-electron chi connectivity index (χ3n) is 4.47. The fourth-order valence-corrected chi connectivity index (χ4v) is 3.05. The van der Waals surface area contributed by atoms with Gasteiger partial charge in [-0.15, -0.1) is 19.9 Å². The number of aromatic nitrogens is 7. The topological polar surface area (TPSA) is 88.2 Å². The molecule has 4 heterocycles. The molecule has 3 aromatic heterocycles. The second-order valence-corrected chi connectivity index (χ2v) is 6.10. The van der Waals surface area contributed by atoms with Gasteiger partial charge in [-0.2, -0.15) is 5.10 Å². The number of likely N-dealkylation sites (N-methyl/N-ethyl adjacent to an activating group) is 1. The molecule has 24 heavy (non-hydrogen) atoms. The zero-order valence-corrected chi connectivity index (χ0v) is 13.7. The summed E-state index contributed by atoms with van der Waals surface area (Å²) in [5.74, 6) is 1.79. The largest absolute Gasteiger partial charge is 0.353 e. The molecule has 4 rings (SSSR count). The van der Waals surface area contributed by atoms with E-state index in [0.29, 0.717) is 11.7 Å². The molecule has 1 fully saturated rings. The van der Waals surface area contributed by atoms with E-state index in [-0.39, 0.29) is 0 Å². The lowest BCUT2D eigenvalue weighted by Gasteiger charge is -2.38. The van der Waals surface area contributed by atoms with Crippen LogP contribution in [0, 0.1) is 6.92 Å². The first kappa shape index (κ1) is 14.7. The Kier molecular flexibility index (Phi) is 3.68. The Labute approximate surface area is 139 Å². The first-order chi connectivity index (χ1) is 11.7. The minimum absolute atomic E-state index is 0.350. The van der Waals surface area contributed by atoms with E-state index in [1.54, 1.807) is 0 Å². The molecule has 0 saturated carbocycles. The number of rotatable bonds is 3. The summed E-state index contributed by atoms with van der Waals surface area (Å²) in [4.78, 5) is 4.47. The Morgan fingerprint density at radius 1 is 1.12 bits per heavy atom. The lowest BCUT2D eigenvalue weighted by molar-refractivity contribution is 0.480. The van der Waals surface area contributed by atoms with E-state index in [9.17, 15) is 0 Å². The standard InChI is InChI=1S/C15H19N9/c1-11-5-6-13(17-16-11)23-9-3-4-12(10-23)22(2)15-8-7-14-18-20-21-24(14)19-15/h5-8,12H,3-4,9-10H2,1-2H3/t12-/m0/s1. The van der Waals surface area contributed by atoms with Crippen molar-refractivity contribution in [1.29, 1.82) is 0 Å². The quantitative estimate of drug-likeness (QED) is 0.696. The molecule has 0 amide bonds. The molecule has 1 aliphatic heterocycles. The molecule has 0 N–H and O–H groups in total. The van der Waals surface area contributed by atoms with E-state index >= 15 is 0 Å². The Bertz CT molecular complexity index is 828. The van der Waals surface area contributed by atoms with Crippen LogP contribution in [0.3, 0.4) is 0 Å². The highest BCUT2D eigenvalue weighted by Crippen LogP contribution is 2.22. The number of hydrogen-bond donors (Lipinski definition) is 0. The van der Waals surface area contributed by atoms with E-state index in [0.717, 1.165) is 43.3 Å². The second-order valence-electron chi connectivity index (χ2n) is 6.10. The number of nitrogens with zero attached hydrogens (tertiary/aromatic N) is 9. The molecule has 124 valence electrons. The molecular formula is C15H19N9. The molecule has 0 spiro atoms. The van der Waals surface area contributed by atoms with E-state index < -0.39 is 0 Å². The smallest absolute Gasteiger partial charge is 0.200 e. The number of aryl methyl sites for hydroxylation is 1. The molecule has 0 radical (unpaired) electrons. The van der Waals surface area contributed by atoms with Gasteiger partial charge in [0.2, 0.25) is 0 Å². The second kappa shape index (κ2) is 5.99. The molecule has 9 heteroatoms. The van der Waals surface area contributed by atoms with Gasteiger partial charge < -0.3 is 9.80 Å². The highest BCUT2D eigenvalue weighted by molar-refractivity contribution is 5.46. The fourth-order valence-electron chi connectivity index (χ4n) is 3.05. The van der Waals surface area contributed by atoms with Crippen molar-refractivity contribution in [3.05, 3.63) is 30.0 Å². The van der Waals surface area contributed by atoms with Gasteiger partial charge in [-0.3, -0.25) is 0 Å². The van der Waals surface area contributed by atoms with Gasteiger partial charge in [0, 0.05) is 26.2 Å². The van der Waals surface area contributed by atoms with Gasteiger partial charge in [-0.05, 0) is 54.5 Å². The summed E-state index contributed by atoms with van der Waals surface area (Å²) in [7, 11) is 2.06. The van der Waals surface area contributed by atoms with Crippen molar-refractivity contribution in [3.63, 3.8) is 0 Å². The van der Waals surface area contributed by atoms with Crippen LogP contribution in [0.15, 0.2) is 24.3 Å². The third-order valence-corrected chi connectivity index (χ3v) is 4.47. The molecule has 0 aromatic carbocycles. The van der Waals surface area contributed by atoms with Crippen LogP contribution in [0.5, 0.6) is 0 Å². The van der Waals surface area contributed by atoms with Crippen LogP contribution in [0.2, 0.25) is 0 Å². The predicted octanol–water partition coefficient (Wildman–Crippen LogP) is 0.723. The van der Waals surface area contributed by atoms with Crippen LogP contribution in [0.1, 0.15) is 18.5 Å². The van der Waals surface area contributed by atoms with E-state index in [2.05, 4.69) is 47.7 Å². The lowest BCUT2D eigenvalue weighted by Crippen LogP contribution is -2.47. The molecule has 9 nitrogen and oxygen atoms in total. The van der Waals surface area contributed by atoms with E-state index in [4.69, 9.17) is 0 Å². The lowest BCUT2D eigenvalue weighted by atomic mass is 10.0. The summed E-state index contributed by atoms with van der Waals surface area (Å²) in [5.41, 5.74) is 1.58. The van der Waals surface area contributed by atoms with Gasteiger partial charge in [0.05, 0.1) is 5.69 Å². The summed E-state index contributed by atoms with van der Waals surface area (Å²) in [6.45, 7) is 3.84. The van der Waals surface area contributed by atoms with Crippen molar-refractivity contribution in [1.82, 2.24) is 35.5 Å². The Hall–Kier alpha value is -2.84.